The molecule has 0 aromatic carbocycles. The number of ether oxygens (including phenoxy) is 1. The first-order valence-corrected chi connectivity index (χ1v) is 9.58. The van der Waals surface area contributed by atoms with Crippen molar-refractivity contribution in [1.82, 2.24) is 25.3 Å². The first kappa shape index (κ1) is 22.7. The van der Waals surface area contributed by atoms with Gasteiger partial charge < -0.3 is 24.4 Å². The van der Waals surface area contributed by atoms with E-state index in [9.17, 15) is 4.79 Å². The number of guanidine groups is 1. The number of aromatic nitrogens is 2. The van der Waals surface area contributed by atoms with Gasteiger partial charge in [-0.15, -0.1) is 24.0 Å². The molecular weight excluding hydrogens is 475 g/mol. The van der Waals surface area contributed by atoms with Gasteiger partial charge in [-0.1, -0.05) is 19.0 Å². The molecule has 0 saturated carbocycles. The highest BCUT2D eigenvalue weighted by Crippen LogP contribution is 2.18. The van der Waals surface area contributed by atoms with Gasteiger partial charge in [0.1, 0.15) is 5.60 Å². The number of aliphatic imine (C=N–C) groups is 1. The number of nitrogens with one attached hydrogen (secondary N) is 1. The van der Waals surface area contributed by atoms with Crippen LogP contribution in [0.3, 0.4) is 0 Å². The van der Waals surface area contributed by atoms with E-state index in [0.29, 0.717) is 38.5 Å². The van der Waals surface area contributed by atoms with E-state index in [2.05, 4.69) is 25.3 Å². The summed E-state index contributed by atoms with van der Waals surface area (Å²) < 4.78 is 10.7. The standard InChI is InChI=1S/C18H30N6O3.HI/c1-12(2)15-21-14(27-22-15)6-7-19-16-20-10-13-11-23(8-9-24(13)16)17(25)26-18(3,4)5;/h12-13H,6-11H2,1-5H3,(H,19,20);1H. The van der Waals surface area contributed by atoms with Gasteiger partial charge in [-0.2, -0.15) is 4.98 Å². The van der Waals surface area contributed by atoms with Crippen LogP contribution in [0.5, 0.6) is 0 Å². The highest BCUT2D eigenvalue weighted by atomic mass is 127. The van der Waals surface area contributed by atoms with E-state index < -0.39 is 5.60 Å². The monoisotopic (exact) mass is 506 g/mol. The minimum Gasteiger partial charge on any atom is -0.444 e. The third-order valence-corrected chi connectivity index (χ3v) is 4.48. The highest BCUT2D eigenvalue weighted by molar-refractivity contribution is 14.0. The Balaban J connectivity index is 0.00000280. The third kappa shape index (κ3) is 5.71. The molecule has 0 radical (unpaired) electrons. The van der Waals surface area contributed by atoms with Gasteiger partial charge in [0.05, 0.1) is 12.6 Å². The molecule has 1 saturated heterocycles. The average Bonchev–Trinajstić information content (AvgIpc) is 3.20. The van der Waals surface area contributed by atoms with Crippen LogP contribution < -0.4 is 5.32 Å². The van der Waals surface area contributed by atoms with Crippen LogP contribution in [0.15, 0.2) is 9.52 Å². The molecule has 2 aliphatic rings. The lowest BCUT2D eigenvalue weighted by Gasteiger charge is -2.39. The molecule has 0 aliphatic carbocycles. The van der Waals surface area contributed by atoms with Crippen molar-refractivity contribution in [3.63, 3.8) is 0 Å². The van der Waals surface area contributed by atoms with Crippen LogP contribution in [-0.2, 0) is 11.2 Å². The number of piperazine rings is 1. The Bertz CT molecular complexity index is 700. The fraction of sp³-hybridized carbons (Fsp3) is 0.778. The summed E-state index contributed by atoms with van der Waals surface area (Å²) in [4.78, 5) is 25.3. The van der Waals surface area contributed by atoms with Gasteiger partial charge in [-0.3, -0.25) is 4.99 Å². The molecule has 1 aromatic heterocycles. The molecule has 3 heterocycles. The fourth-order valence-electron chi connectivity index (χ4n) is 3.11. The molecule has 1 fully saturated rings. The lowest BCUT2D eigenvalue weighted by atomic mass is 10.2. The summed E-state index contributed by atoms with van der Waals surface area (Å²) in [6.07, 6.45) is 0.405. The van der Waals surface area contributed by atoms with Gasteiger partial charge >= 0.3 is 6.09 Å². The minimum atomic E-state index is -0.475. The quantitative estimate of drug-likeness (QED) is 0.626. The smallest absolute Gasteiger partial charge is 0.410 e. The van der Waals surface area contributed by atoms with Crippen molar-refractivity contribution in [1.29, 1.82) is 0 Å². The molecule has 158 valence electrons. The molecule has 0 spiro atoms. The number of rotatable bonds is 4. The van der Waals surface area contributed by atoms with Crippen LogP contribution in [0.1, 0.15) is 52.3 Å². The highest BCUT2D eigenvalue weighted by Gasteiger charge is 2.36. The number of carbonyl (C=O) groups excluding carboxylic acids is 1. The fourth-order valence-corrected chi connectivity index (χ4v) is 3.11. The number of hydrogen-bond donors (Lipinski definition) is 1. The molecule has 1 atom stereocenters. The molecule has 1 amide bonds. The van der Waals surface area contributed by atoms with E-state index in [1.807, 2.05) is 34.6 Å². The van der Waals surface area contributed by atoms with Gasteiger partial charge in [-0.25, -0.2) is 4.79 Å². The molecular formula is C18H31IN6O3. The first-order valence-electron chi connectivity index (χ1n) is 9.58. The summed E-state index contributed by atoms with van der Waals surface area (Å²) >= 11 is 0. The summed E-state index contributed by atoms with van der Waals surface area (Å²) in [6, 6.07) is 0.199. The maximum Gasteiger partial charge on any atom is 0.410 e. The van der Waals surface area contributed by atoms with Gasteiger partial charge in [0.25, 0.3) is 0 Å². The van der Waals surface area contributed by atoms with Crippen LogP contribution in [0, 0.1) is 0 Å². The molecule has 3 rings (SSSR count). The molecule has 28 heavy (non-hydrogen) atoms. The molecule has 9 nitrogen and oxygen atoms in total. The lowest BCUT2D eigenvalue weighted by molar-refractivity contribution is 0.0137. The summed E-state index contributed by atoms with van der Waals surface area (Å²) in [5, 5.41) is 7.34. The Hall–Kier alpha value is -1.59. The van der Waals surface area contributed by atoms with E-state index in [4.69, 9.17) is 9.26 Å². The normalized spacial score (nSPS) is 19.2. The Morgan fingerprint density at radius 2 is 2.11 bits per heavy atom. The minimum absolute atomic E-state index is 0. The van der Waals surface area contributed by atoms with Crippen LogP contribution in [0.25, 0.3) is 0 Å². The SMILES string of the molecule is CC(C)c1noc(CCNC2=NCC3CN(C(=O)OC(C)(C)C)CCN23)n1.I. The van der Waals surface area contributed by atoms with E-state index in [0.717, 1.165) is 18.3 Å². The summed E-state index contributed by atoms with van der Waals surface area (Å²) in [7, 11) is 0. The molecule has 2 aliphatic heterocycles. The average molecular weight is 506 g/mol. The predicted octanol–water partition coefficient (Wildman–Crippen LogP) is 2.23. The predicted molar refractivity (Wildman–Crippen MR) is 116 cm³/mol. The number of amides is 1. The number of fused-ring (bicyclic) bond motifs is 1. The maximum atomic E-state index is 12.3. The van der Waals surface area contributed by atoms with E-state index in [-0.39, 0.29) is 42.0 Å². The third-order valence-electron chi connectivity index (χ3n) is 4.48. The van der Waals surface area contributed by atoms with Crippen LogP contribution >= 0.6 is 24.0 Å². The lowest BCUT2D eigenvalue weighted by Crippen LogP contribution is -2.57. The summed E-state index contributed by atoms with van der Waals surface area (Å²) in [5.41, 5.74) is -0.475. The van der Waals surface area contributed by atoms with Crippen LogP contribution in [0.4, 0.5) is 4.79 Å². The number of halogens is 1. The zero-order chi connectivity index (χ0) is 19.6. The first-order chi connectivity index (χ1) is 12.7. The number of hydrogen-bond acceptors (Lipinski definition) is 8. The topological polar surface area (TPSA) is 96.1 Å². The Kier molecular flexibility index (Phi) is 7.52. The zero-order valence-corrected chi connectivity index (χ0v) is 19.6. The largest absolute Gasteiger partial charge is 0.444 e. The molecule has 1 aromatic rings. The second-order valence-electron chi connectivity index (χ2n) is 8.32. The van der Waals surface area contributed by atoms with Crippen molar-refractivity contribution >= 4 is 36.0 Å². The van der Waals surface area contributed by atoms with Crippen molar-refractivity contribution in [3.8, 4) is 0 Å². The zero-order valence-electron chi connectivity index (χ0n) is 17.3. The number of nitrogens with zero attached hydrogens (tertiary/aromatic N) is 5. The van der Waals surface area contributed by atoms with Gasteiger partial charge in [0.15, 0.2) is 11.8 Å². The van der Waals surface area contributed by atoms with Crippen LogP contribution in [0.2, 0.25) is 0 Å². The van der Waals surface area contributed by atoms with Crippen molar-refractivity contribution in [2.24, 2.45) is 4.99 Å². The van der Waals surface area contributed by atoms with E-state index in [1.165, 1.54) is 0 Å². The molecule has 1 unspecified atom stereocenters. The second-order valence-corrected chi connectivity index (χ2v) is 8.32. The van der Waals surface area contributed by atoms with Crippen molar-refractivity contribution < 1.29 is 14.1 Å². The molecule has 1 N–H and O–H groups in total. The van der Waals surface area contributed by atoms with Gasteiger partial charge in [0.2, 0.25) is 5.89 Å². The van der Waals surface area contributed by atoms with Gasteiger partial charge in [0, 0.05) is 38.5 Å². The van der Waals surface area contributed by atoms with E-state index >= 15 is 0 Å². The van der Waals surface area contributed by atoms with Gasteiger partial charge in [-0.05, 0) is 20.8 Å². The van der Waals surface area contributed by atoms with Crippen molar-refractivity contribution in [2.75, 3.05) is 32.7 Å². The molecule has 10 heteroatoms. The second kappa shape index (κ2) is 9.27. The van der Waals surface area contributed by atoms with Crippen molar-refractivity contribution in [3.05, 3.63) is 11.7 Å². The summed E-state index contributed by atoms with van der Waals surface area (Å²) in [5.74, 6) is 2.52. The van der Waals surface area contributed by atoms with E-state index in [1.54, 1.807) is 4.90 Å². The Labute approximate surface area is 183 Å². The van der Waals surface area contributed by atoms with Crippen LogP contribution in [-0.4, -0.2) is 76.4 Å². The summed E-state index contributed by atoms with van der Waals surface area (Å²) in [6.45, 7) is 13.1. The Morgan fingerprint density at radius 3 is 2.75 bits per heavy atom. The molecule has 0 bridgehead atoms. The number of carbonyl (C=O) groups is 1. The van der Waals surface area contributed by atoms with Crippen molar-refractivity contribution in [2.45, 2.75) is 58.6 Å². The Morgan fingerprint density at radius 1 is 1.36 bits per heavy atom. The maximum absolute atomic E-state index is 12.3.